The Labute approximate surface area is 402 Å². The van der Waals surface area contributed by atoms with Crippen LogP contribution in [0, 0.1) is 0 Å². The summed E-state index contributed by atoms with van der Waals surface area (Å²) in [5.74, 6) is -0.914. The Hall–Kier alpha value is -3.15. The maximum atomic E-state index is 12.8. The monoisotopic (exact) mass is 907 g/mol. The molecule has 0 aliphatic carbocycles. The fraction of sp³-hybridized carbons (Fsp3) is 0.746. The van der Waals surface area contributed by atoms with Gasteiger partial charge in [-0.05, 0) is 83.5 Å². The maximum Gasteiger partial charge on any atom is 0.306 e. The number of allylic oxidation sites excluding steroid dienone is 12. The normalized spacial score (nSPS) is 12.6. The van der Waals surface area contributed by atoms with Gasteiger partial charge in [0.15, 0.2) is 6.10 Å². The van der Waals surface area contributed by atoms with Crippen LogP contribution < -0.4 is 0 Å². The molecule has 0 saturated carbocycles. The van der Waals surface area contributed by atoms with Crippen LogP contribution in [0.2, 0.25) is 0 Å². The summed E-state index contributed by atoms with van der Waals surface area (Å²) in [7, 11) is 0. The molecule has 0 aromatic rings. The second-order valence-corrected chi connectivity index (χ2v) is 18.1. The highest BCUT2D eigenvalue weighted by Crippen LogP contribution is 2.16. The molecule has 0 heterocycles. The molecular formula is C59H102O6. The minimum Gasteiger partial charge on any atom is -0.462 e. The predicted octanol–water partition coefficient (Wildman–Crippen LogP) is 18.2. The molecule has 0 aromatic carbocycles. The molecule has 6 nitrogen and oxygen atoms in total. The fourth-order valence-electron chi connectivity index (χ4n) is 7.65. The molecular weight excluding hydrogens is 805 g/mol. The lowest BCUT2D eigenvalue weighted by molar-refractivity contribution is -0.167. The molecule has 374 valence electrons. The topological polar surface area (TPSA) is 78.9 Å². The molecule has 0 rings (SSSR count). The number of carbonyl (C=O) groups excluding carboxylic acids is 3. The predicted molar refractivity (Wildman–Crippen MR) is 279 cm³/mol. The molecule has 0 fully saturated rings. The molecule has 0 N–H and O–H groups in total. The Morgan fingerprint density at radius 2 is 0.600 bits per heavy atom. The molecule has 0 bridgehead atoms. The average molecular weight is 907 g/mol. The highest BCUT2D eigenvalue weighted by molar-refractivity contribution is 5.71. The molecule has 0 aliphatic heterocycles. The number of rotatable bonds is 49. The zero-order valence-corrected chi connectivity index (χ0v) is 42.7. The van der Waals surface area contributed by atoms with Crippen molar-refractivity contribution >= 4 is 17.9 Å². The first-order valence-corrected chi connectivity index (χ1v) is 27.4. The molecule has 0 amide bonds. The van der Waals surface area contributed by atoms with E-state index in [1.807, 2.05) is 0 Å². The summed E-state index contributed by atoms with van der Waals surface area (Å²) in [6.45, 7) is 6.41. The summed E-state index contributed by atoms with van der Waals surface area (Å²) >= 11 is 0. The van der Waals surface area contributed by atoms with Gasteiger partial charge in [-0.25, -0.2) is 0 Å². The molecule has 0 radical (unpaired) electrons. The first-order valence-electron chi connectivity index (χ1n) is 27.4. The molecule has 0 aromatic heterocycles. The van der Waals surface area contributed by atoms with Crippen LogP contribution in [0.5, 0.6) is 0 Å². The molecule has 0 saturated heterocycles. The Bertz CT molecular complexity index is 1230. The highest BCUT2D eigenvalue weighted by Gasteiger charge is 2.19. The van der Waals surface area contributed by atoms with E-state index in [-0.39, 0.29) is 31.1 Å². The van der Waals surface area contributed by atoms with Gasteiger partial charge < -0.3 is 14.2 Å². The van der Waals surface area contributed by atoms with E-state index in [0.717, 1.165) is 135 Å². The standard InChI is InChI=1S/C59H102O6/c1-4-7-10-13-16-19-22-25-28-29-32-34-37-40-43-46-49-52-58(61)64-55-56(65-59(62)53-50-47-44-41-38-35-31-27-24-21-18-15-12-9-6-3)54-63-57(60)51-48-45-42-39-36-33-30-26-23-20-17-14-11-8-5-2/h8-9,11-12,17-18,20-21,26-27,30-31,56H,4-7,10,13-16,19,22-25,28-29,32-55H2,1-3H3/b11-8+,12-9+,20-17+,21-18+,30-26+,31-27+/t56-/m1/s1. The summed E-state index contributed by atoms with van der Waals surface area (Å²) in [5.41, 5.74) is 0. The Morgan fingerprint density at radius 3 is 0.938 bits per heavy atom. The number of unbranched alkanes of at least 4 members (excludes halogenated alkanes) is 26. The van der Waals surface area contributed by atoms with Crippen molar-refractivity contribution < 1.29 is 28.6 Å². The van der Waals surface area contributed by atoms with Gasteiger partial charge in [0, 0.05) is 19.3 Å². The van der Waals surface area contributed by atoms with Crippen molar-refractivity contribution in [2.45, 2.75) is 271 Å². The van der Waals surface area contributed by atoms with Crippen molar-refractivity contribution in [2.75, 3.05) is 13.2 Å². The third-order valence-electron chi connectivity index (χ3n) is 11.7. The zero-order valence-electron chi connectivity index (χ0n) is 42.7. The fourth-order valence-corrected chi connectivity index (χ4v) is 7.65. The second kappa shape index (κ2) is 53.5. The molecule has 0 unspecified atom stereocenters. The number of carbonyl (C=O) groups is 3. The van der Waals surface area contributed by atoms with E-state index in [1.54, 1.807) is 0 Å². The Balaban J connectivity index is 4.41. The Kier molecular flexibility index (Phi) is 50.9. The summed E-state index contributed by atoms with van der Waals surface area (Å²) in [5, 5.41) is 0. The number of esters is 3. The van der Waals surface area contributed by atoms with E-state index in [4.69, 9.17) is 14.2 Å². The zero-order chi connectivity index (χ0) is 47.2. The van der Waals surface area contributed by atoms with E-state index in [2.05, 4.69) is 93.7 Å². The SMILES string of the molecule is CC/C=C/C/C=C/C/C=C/CCCCCCCC(=O)OC[C@H](COC(=O)CCCCCCCCCCCCCCCCCCC)OC(=O)CCCCCCC/C=C/C/C=C/C/C=C/CC. The lowest BCUT2D eigenvalue weighted by Gasteiger charge is -2.18. The van der Waals surface area contributed by atoms with E-state index < -0.39 is 6.10 Å². The number of hydrogen-bond donors (Lipinski definition) is 0. The van der Waals surface area contributed by atoms with E-state index >= 15 is 0 Å². The van der Waals surface area contributed by atoms with Crippen molar-refractivity contribution in [3.05, 3.63) is 72.9 Å². The minimum absolute atomic E-state index is 0.0862. The van der Waals surface area contributed by atoms with Gasteiger partial charge in [-0.2, -0.15) is 0 Å². The lowest BCUT2D eigenvalue weighted by atomic mass is 10.0. The number of hydrogen-bond acceptors (Lipinski definition) is 6. The smallest absolute Gasteiger partial charge is 0.306 e. The van der Waals surface area contributed by atoms with Crippen LogP contribution in [0.25, 0.3) is 0 Å². The molecule has 0 spiro atoms. The van der Waals surface area contributed by atoms with Gasteiger partial charge in [-0.15, -0.1) is 0 Å². The van der Waals surface area contributed by atoms with Crippen LogP contribution >= 0.6 is 0 Å². The summed E-state index contributed by atoms with van der Waals surface area (Å²) < 4.78 is 16.8. The van der Waals surface area contributed by atoms with Crippen molar-refractivity contribution in [1.29, 1.82) is 0 Å². The third-order valence-corrected chi connectivity index (χ3v) is 11.7. The van der Waals surface area contributed by atoms with Gasteiger partial charge in [0.25, 0.3) is 0 Å². The molecule has 1 atom stereocenters. The minimum atomic E-state index is -0.790. The largest absolute Gasteiger partial charge is 0.462 e. The van der Waals surface area contributed by atoms with E-state index in [1.165, 1.54) is 89.9 Å². The third kappa shape index (κ3) is 51.7. The Morgan fingerprint density at radius 1 is 0.323 bits per heavy atom. The summed E-state index contributed by atoms with van der Waals surface area (Å²) in [4.78, 5) is 38.1. The lowest BCUT2D eigenvalue weighted by Crippen LogP contribution is -2.30. The molecule has 6 heteroatoms. The summed E-state index contributed by atoms with van der Waals surface area (Å²) in [6.07, 6.45) is 67.4. The average Bonchev–Trinajstić information content (AvgIpc) is 3.30. The second-order valence-electron chi connectivity index (χ2n) is 18.1. The molecule has 65 heavy (non-hydrogen) atoms. The van der Waals surface area contributed by atoms with E-state index in [0.29, 0.717) is 19.3 Å². The summed E-state index contributed by atoms with van der Waals surface area (Å²) in [6, 6.07) is 0. The van der Waals surface area contributed by atoms with Crippen molar-refractivity contribution in [3.8, 4) is 0 Å². The quantitative estimate of drug-likeness (QED) is 0.0262. The first kappa shape index (κ1) is 61.9. The van der Waals surface area contributed by atoms with Crippen molar-refractivity contribution in [3.63, 3.8) is 0 Å². The van der Waals surface area contributed by atoms with Gasteiger partial charge in [-0.3, -0.25) is 14.4 Å². The maximum absolute atomic E-state index is 12.8. The van der Waals surface area contributed by atoms with Crippen LogP contribution in [0.15, 0.2) is 72.9 Å². The van der Waals surface area contributed by atoms with Gasteiger partial charge in [0.2, 0.25) is 0 Å². The van der Waals surface area contributed by atoms with Gasteiger partial charge in [0.05, 0.1) is 0 Å². The van der Waals surface area contributed by atoms with Gasteiger partial charge in [0.1, 0.15) is 13.2 Å². The van der Waals surface area contributed by atoms with Crippen LogP contribution in [0.1, 0.15) is 265 Å². The first-order chi connectivity index (χ1) is 32.0. The van der Waals surface area contributed by atoms with Gasteiger partial charge in [-0.1, -0.05) is 235 Å². The van der Waals surface area contributed by atoms with E-state index in [9.17, 15) is 14.4 Å². The highest BCUT2D eigenvalue weighted by atomic mass is 16.6. The van der Waals surface area contributed by atoms with Crippen LogP contribution in [-0.2, 0) is 28.6 Å². The van der Waals surface area contributed by atoms with Gasteiger partial charge >= 0.3 is 17.9 Å². The van der Waals surface area contributed by atoms with Crippen LogP contribution in [0.3, 0.4) is 0 Å². The van der Waals surface area contributed by atoms with Crippen LogP contribution in [-0.4, -0.2) is 37.2 Å². The molecule has 0 aliphatic rings. The van der Waals surface area contributed by atoms with Crippen LogP contribution in [0.4, 0.5) is 0 Å². The van der Waals surface area contributed by atoms with Crippen molar-refractivity contribution in [2.24, 2.45) is 0 Å². The number of ether oxygens (including phenoxy) is 3. The van der Waals surface area contributed by atoms with Crippen molar-refractivity contribution in [1.82, 2.24) is 0 Å².